The number of hydrogen-bond donors (Lipinski definition) is 6. The Kier molecular flexibility index (Phi) is 8.21. The second kappa shape index (κ2) is 10.1. The van der Waals surface area contributed by atoms with E-state index in [1.54, 1.807) is 0 Å². The third kappa shape index (κ3) is 7.74. The van der Waals surface area contributed by atoms with E-state index in [9.17, 15) is 29.4 Å². The van der Waals surface area contributed by atoms with Crippen LogP contribution in [-0.2, 0) is 25.6 Å². The molecule has 0 spiro atoms. The molecular formula is C17H23N3O7. The molecule has 0 heterocycles. The number of hydrogen-bond acceptors (Lipinski definition) is 6. The number of carbonyl (C=O) groups is 4. The van der Waals surface area contributed by atoms with E-state index in [0.717, 1.165) is 0 Å². The van der Waals surface area contributed by atoms with Crippen LogP contribution in [0.25, 0.3) is 0 Å². The highest BCUT2D eigenvalue weighted by Gasteiger charge is 2.25. The van der Waals surface area contributed by atoms with Crippen LogP contribution < -0.4 is 16.4 Å². The van der Waals surface area contributed by atoms with Crippen molar-refractivity contribution >= 4 is 23.8 Å². The Morgan fingerprint density at radius 3 is 2.15 bits per heavy atom. The summed E-state index contributed by atoms with van der Waals surface area (Å²) in [6, 6.07) is 2.48. The van der Waals surface area contributed by atoms with Gasteiger partial charge in [0, 0.05) is 12.8 Å². The number of nitrogens with two attached hydrogens (primary N) is 1. The van der Waals surface area contributed by atoms with Gasteiger partial charge in [-0.2, -0.15) is 0 Å². The smallest absolute Gasteiger partial charge is 0.326 e. The molecule has 148 valence electrons. The summed E-state index contributed by atoms with van der Waals surface area (Å²) >= 11 is 0. The number of aromatic hydroxyl groups is 1. The van der Waals surface area contributed by atoms with Crippen LogP contribution in [0.1, 0.15) is 25.3 Å². The summed E-state index contributed by atoms with van der Waals surface area (Å²) in [7, 11) is 0. The lowest BCUT2D eigenvalue weighted by Gasteiger charge is -2.20. The molecule has 27 heavy (non-hydrogen) atoms. The molecule has 3 atom stereocenters. The van der Waals surface area contributed by atoms with Gasteiger partial charge in [-0.25, -0.2) is 4.79 Å². The molecule has 0 aliphatic heterocycles. The van der Waals surface area contributed by atoms with E-state index in [1.165, 1.54) is 31.2 Å². The number of carbonyl (C=O) groups excluding carboxylic acids is 2. The summed E-state index contributed by atoms with van der Waals surface area (Å²) in [5.41, 5.74) is 6.15. The van der Waals surface area contributed by atoms with Crippen molar-refractivity contribution in [2.75, 3.05) is 0 Å². The molecule has 7 N–H and O–H groups in total. The molecule has 1 aromatic rings. The average molecular weight is 381 g/mol. The van der Waals surface area contributed by atoms with Crippen LogP contribution in [0.2, 0.25) is 0 Å². The lowest BCUT2D eigenvalue weighted by atomic mass is 10.1. The Hall–Kier alpha value is -3.14. The van der Waals surface area contributed by atoms with Gasteiger partial charge in [0.25, 0.3) is 0 Å². The number of nitrogens with one attached hydrogen (secondary N) is 2. The molecule has 0 aromatic heterocycles. The lowest BCUT2D eigenvalue weighted by molar-refractivity contribution is -0.142. The number of benzene rings is 1. The van der Waals surface area contributed by atoms with Crippen molar-refractivity contribution < 1.29 is 34.5 Å². The van der Waals surface area contributed by atoms with Crippen molar-refractivity contribution in [2.24, 2.45) is 5.73 Å². The largest absolute Gasteiger partial charge is 0.508 e. The van der Waals surface area contributed by atoms with E-state index < -0.39 is 41.9 Å². The van der Waals surface area contributed by atoms with Crippen molar-refractivity contribution in [1.82, 2.24) is 10.6 Å². The highest BCUT2D eigenvalue weighted by Crippen LogP contribution is 2.11. The molecule has 0 radical (unpaired) electrons. The zero-order valence-corrected chi connectivity index (χ0v) is 14.7. The van der Waals surface area contributed by atoms with Crippen molar-refractivity contribution in [3.63, 3.8) is 0 Å². The van der Waals surface area contributed by atoms with Gasteiger partial charge in [-0.1, -0.05) is 12.1 Å². The molecule has 2 amide bonds. The molecule has 10 heteroatoms. The Bertz CT molecular complexity index is 690. The minimum atomic E-state index is -1.26. The van der Waals surface area contributed by atoms with E-state index in [0.29, 0.717) is 5.56 Å². The first-order valence-electron chi connectivity index (χ1n) is 8.19. The Balaban J connectivity index is 2.61. The second-order valence-electron chi connectivity index (χ2n) is 6.04. The normalized spacial score (nSPS) is 13.9. The monoisotopic (exact) mass is 381 g/mol. The van der Waals surface area contributed by atoms with Crippen molar-refractivity contribution in [3.8, 4) is 5.75 Å². The summed E-state index contributed by atoms with van der Waals surface area (Å²) in [5.74, 6) is -3.75. The third-order valence-electron chi connectivity index (χ3n) is 3.75. The van der Waals surface area contributed by atoms with Crippen LogP contribution in [0.5, 0.6) is 5.75 Å². The molecule has 0 saturated carbocycles. The summed E-state index contributed by atoms with van der Waals surface area (Å²) in [5, 5.41) is 31.8. The number of amides is 2. The molecule has 0 aliphatic rings. The highest BCUT2D eigenvalue weighted by atomic mass is 16.4. The van der Waals surface area contributed by atoms with Crippen LogP contribution in [0.15, 0.2) is 24.3 Å². The quantitative estimate of drug-likeness (QED) is 0.305. The average Bonchev–Trinajstić information content (AvgIpc) is 2.60. The standard InChI is InChI=1S/C17H23N3O7/c1-9(19-16(25)12(18)6-7-14(22)23)15(24)20-13(17(26)27)8-10-2-4-11(21)5-3-10/h2-5,9,12-13,21H,6-8,18H2,1H3,(H,19,25)(H,20,24)(H,22,23)(H,26,27)/t9-,12-,13-/m0/s1. The summed E-state index contributed by atoms with van der Waals surface area (Å²) in [6.07, 6.45) is -0.392. The summed E-state index contributed by atoms with van der Waals surface area (Å²) in [4.78, 5) is 45.9. The van der Waals surface area contributed by atoms with E-state index in [4.69, 9.17) is 10.8 Å². The molecular weight excluding hydrogens is 358 g/mol. The van der Waals surface area contributed by atoms with Crippen LogP contribution in [0.4, 0.5) is 0 Å². The van der Waals surface area contributed by atoms with E-state index >= 15 is 0 Å². The first-order valence-corrected chi connectivity index (χ1v) is 8.19. The van der Waals surface area contributed by atoms with Gasteiger partial charge in [0.15, 0.2) is 0 Å². The van der Waals surface area contributed by atoms with E-state index in [2.05, 4.69) is 10.6 Å². The third-order valence-corrected chi connectivity index (χ3v) is 3.75. The maximum absolute atomic E-state index is 12.2. The molecule has 1 rings (SSSR count). The van der Waals surface area contributed by atoms with Gasteiger partial charge in [-0.3, -0.25) is 14.4 Å². The molecule has 0 fully saturated rings. The van der Waals surface area contributed by atoms with Crippen LogP contribution in [0.3, 0.4) is 0 Å². The molecule has 1 aromatic carbocycles. The fourth-order valence-corrected chi connectivity index (χ4v) is 2.16. The van der Waals surface area contributed by atoms with Gasteiger partial charge in [-0.15, -0.1) is 0 Å². The number of carboxylic acid groups (broad SMARTS) is 2. The lowest BCUT2D eigenvalue weighted by Crippen LogP contribution is -2.53. The Labute approximate surface area is 155 Å². The van der Waals surface area contributed by atoms with Gasteiger partial charge in [0.05, 0.1) is 6.04 Å². The van der Waals surface area contributed by atoms with E-state index in [1.807, 2.05) is 0 Å². The van der Waals surface area contributed by atoms with Gasteiger partial charge in [0.2, 0.25) is 11.8 Å². The Morgan fingerprint density at radius 2 is 1.63 bits per heavy atom. The Morgan fingerprint density at radius 1 is 1.04 bits per heavy atom. The topological polar surface area (TPSA) is 179 Å². The van der Waals surface area contributed by atoms with Gasteiger partial charge >= 0.3 is 11.9 Å². The molecule has 0 saturated heterocycles. The van der Waals surface area contributed by atoms with Crippen LogP contribution in [-0.4, -0.2) is 57.2 Å². The first-order chi connectivity index (χ1) is 12.6. The van der Waals surface area contributed by atoms with E-state index in [-0.39, 0.29) is 25.0 Å². The molecule has 0 aliphatic carbocycles. The molecule has 0 unspecified atom stereocenters. The van der Waals surface area contributed by atoms with Gasteiger partial charge < -0.3 is 31.7 Å². The predicted octanol–water partition coefficient (Wildman–Crippen LogP) is -0.799. The summed E-state index contributed by atoms with van der Waals surface area (Å²) < 4.78 is 0. The zero-order valence-electron chi connectivity index (χ0n) is 14.7. The van der Waals surface area contributed by atoms with Gasteiger partial charge in [-0.05, 0) is 31.0 Å². The number of phenols is 1. The number of rotatable bonds is 10. The second-order valence-corrected chi connectivity index (χ2v) is 6.04. The SMILES string of the molecule is C[C@H](NC(=O)[C@@H](N)CCC(=O)O)C(=O)N[C@@H](Cc1ccc(O)cc1)C(=O)O. The minimum absolute atomic E-state index is 0.0137. The maximum Gasteiger partial charge on any atom is 0.326 e. The van der Waals surface area contributed by atoms with Gasteiger partial charge in [0.1, 0.15) is 17.8 Å². The molecule has 10 nitrogen and oxygen atoms in total. The fraction of sp³-hybridized carbons (Fsp3) is 0.412. The number of carboxylic acids is 2. The fourth-order valence-electron chi connectivity index (χ4n) is 2.16. The highest BCUT2D eigenvalue weighted by molar-refractivity contribution is 5.91. The first kappa shape index (κ1) is 21.9. The van der Waals surface area contributed by atoms with Crippen molar-refractivity contribution in [1.29, 1.82) is 0 Å². The van der Waals surface area contributed by atoms with Crippen LogP contribution in [0, 0.1) is 0 Å². The predicted molar refractivity (Wildman–Crippen MR) is 93.8 cm³/mol. The van der Waals surface area contributed by atoms with Crippen molar-refractivity contribution in [3.05, 3.63) is 29.8 Å². The minimum Gasteiger partial charge on any atom is -0.508 e. The zero-order chi connectivity index (χ0) is 20.6. The molecule has 0 bridgehead atoms. The van der Waals surface area contributed by atoms with Crippen molar-refractivity contribution in [2.45, 2.75) is 44.3 Å². The number of aliphatic carboxylic acids is 2. The van der Waals surface area contributed by atoms with Crippen LogP contribution >= 0.6 is 0 Å². The maximum atomic E-state index is 12.2. The number of phenolic OH excluding ortho intramolecular Hbond substituents is 1. The summed E-state index contributed by atoms with van der Waals surface area (Å²) in [6.45, 7) is 1.36.